The summed E-state index contributed by atoms with van der Waals surface area (Å²) in [5.41, 5.74) is 1.78. The highest BCUT2D eigenvalue weighted by molar-refractivity contribution is 5.79. The summed E-state index contributed by atoms with van der Waals surface area (Å²) in [6.07, 6.45) is 2.35. The third kappa shape index (κ3) is 5.10. The molecule has 2 aromatic carbocycles. The van der Waals surface area contributed by atoms with E-state index < -0.39 is 0 Å². The van der Waals surface area contributed by atoms with Crippen molar-refractivity contribution in [1.82, 2.24) is 15.0 Å². The van der Waals surface area contributed by atoms with Crippen molar-refractivity contribution >= 4 is 5.91 Å². The summed E-state index contributed by atoms with van der Waals surface area (Å²) in [5, 5.41) is 4.04. The molecule has 0 spiro atoms. The third-order valence-corrected chi connectivity index (χ3v) is 5.17. The minimum absolute atomic E-state index is 0.0611. The highest BCUT2D eigenvalue weighted by atomic mass is 19.1. The molecule has 30 heavy (non-hydrogen) atoms. The van der Waals surface area contributed by atoms with Crippen LogP contribution in [0.2, 0.25) is 0 Å². The van der Waals surface area contributed by atoms with Crippen molar-refractivity contribution in [2.45, 2.75) is 38.3 Å². The smallest absolute Gasteiger partial charge is 0.249 e. The summed E-state index contributed by atoms with van der Waals surface area (Å²) in [5.74, 6) is 0.629. The van der Waals surface area contributed by atoms with Crippen LogP contribution in [-0.2, 0) is 29.0 Å². The Morgan fingerprint density at radius 2 is 2.00 bits per heavy atom. The number of rotatable bonds is 8. The first-order chi connectivity index (χ1) is 14.7. The number of benzene rings is 2. The lowest BCUT2D eigenvalue weighted by Gasteiger charge is -2.21. The van der Waals surface area contributed by atoms with Gasteiger partial charge in [-0.2, -0.15) is 4.98 Å². The molecule has 1 unspecified atom stereocenters. The molecule has 1 saturated heterocycles. The average molecular weight is 409 g/mol. The van der Waals surface area contributed by atoms with Crippen molar-refractivity contribution in [2.75, 3.05) is 13.2 Å². The third-order valence-electron chi connectivity index (χ3n) is 5.17. The Labute approximate surface area is 174 Å². The first-order valence-corrected chi connectivity index (χ1v) is 10.2. The second-order valence-electron chi connectivity index (χ2n) is 7.39. The van der Waals surface area contributed by atoms with Gasteiger partial charge in [-0.15, -0.1) is 0 Å². The molecule has 2 heterocycles. The predicted molar refractivity (Wildman–Crippen MR) is 108 cm³/mol. The molecule has 0 radical (unpaired) electrons. The van der Waals surface area contributed by atoms with Crippen molar-refractivity contribution in [3.63, 3.8) is 0 Å². The van der Waals surface area contributed by atoms with Gasteiger partial charge in [-0.05, 0) is 36.1 Å². The first kappa shape index (κ1) is 20.2. The van der Waals surface area contributed by atoms with Crippen molar-refractivity contribution in [3.05, 3.63) is 83.3 Å². The maximum Gasteiger partial charge on any atom is 0.249 e. The number of hydrogen-bond acceptors (Lipinski definition) is 5. The summed E-state index contributed by atoms with van der Waals surface area (Å²) in [7, 11) is 0. The Morgan fingerprint density at radius 3 is 2.83 bits per heavy atom. The number of amides is 1. The summed E-state index contributed by atoms with van der Waals surface area (Å²) in [6, 6.07) is 15.9. The van der Waals surface area contributed by atoms with E-state index in [9.17, 15) is 9.18 Å². The van der Waals surface area contributed by atoms with Crippen molar-refractivity contribution in [1.29, 1.82) is 0 Å². The van der Waals surface area contributed by atoms with Crippen LogP contribution in [0.15, 0.2) is 59.1 Å². The van der Waals surface area contributed by atoms with E-state index in [2.05, 4.69) is 10.1 Å². The number of likely N-dealkylation sites (tertiary alicyclic amines) is 1. The van der Waals surface area contributed by atoms with Crippen LogP contribution < -0.4 is 0 Å². The second-order valence-corrected chi connectivity index (χ2v) is 7.39. The minimum atomic E-state index is -0.339. The summed E-state index contributed by atoms with van der Waals surface area (Å²) < 4.78 is 24.5. The van der Waals surface area contributed by atoms with E-state index in [-0.39, 0.29) is 24.2 Å². The normalized spacial score (nSPS) is 16.2. The van der Waals surface area contributed by atoms with Gasteiger partial charge in [-0.25, -0.2) is 4.39 Å². The fourth-order valence-electron chi connectivity index (χ4n) is 3.68. The first-order valence-electron chi connectivity index (χ1n) is 10.2. The maximum atomic E-state index is 13.4. The Bertz CT molecular complexity index is 977. The summed E-state index contributed by atoms with van der Waals surface area (Å²) in [6.45, 7) is 1.66. The van der Waals surface area contributed by atoms with Gasteiger partial charge in [0.05, 0.1) is 19.6 Å². The molecule has 0 saturated carbocycles. The molecule has 1 amide bonds. The predicted octanol–water partition coefficient (Wildman–Crippen LogP) is 3.87. The zero-order chi connectivity index (χ0) is 20.8. The molecule has 0 N–H and O–H groups in total. The van der Waals surface area contributed by atoms with Gasteiger partial charge >= 0.3 is 0 Å². The number of halogens is 1. The Balaban J connectivity index is 1.31. The second kappa shape index (κ2) is 9.63. The number of nitrogens with zero attached hydrogens (tertiary/aromatic N) is 3. The van der Waals surface area contributed by atoms with Gasteiger partial charge in [0.25, 0.3) is 0 Å². The zero-order valence-electron chi connectivity index (χ0n) is 16.7. The molecule has 3 aromatic rings. The van der Waals surface area contributed by atoms with Crippen LogP contribution in [0.1, 0.15) is 41.7 Å². The van der Waals surface area contributed by atoms with Gasteiger partial charge in [-0.1, -0.05) is 47.6 Å². The van der Waals surface area contributed by atoms with Crippen LogP contribution in [0, 0.1) is 5.82 Å². The van der Waals surface area contributed by atoms with Crippen molar-refractivity contribution in [3.8, 4) is 0 Å². The van der Waals surface area contributed by atoms with Crippen LogP contribution in [0.4, 0.5) is 4.39 Å². The van der Waals surface area contributed by atoms with Gasteiger partial charge in [0.15, 0.2) is 5.82 Å². The van der Waals surface area contributed by atoms with Crippen LogP contribution in [0.3, 0.4) is 0 Å². The highest BCUT2D eigenvalue weighted by Crippen LogP contribution is 2.31. The molecular weight excluding hydrogens is 385 g/mol. The Hall–Kier alpha value is -3.06. The SMILES string of the molecule is O=C(Cc1cccc(F)c1)N1CCCC1c1nc(CCOCc2ccccc2)no1. The number of aromatic nitrogens is 2. The fraction of sp³-hybridized carbons (Fsp3) is 0.348. The molecule has 1 aliphatic rings. The zero-order valence-corrected chi connectivity index (χ0v) is 16.7. The Kier molecular flexibility index (Phi) is 6.49. The van der Waals surface area contributed by atoms with E-state index in [1.165, 1.54) is 12.1 Å². The summed E-state index contributed by atoms with van der Waals surface area (Å²) >= 11 is 0. The van der Waals surface area contributed by atoms with Gasteiger partial charge in [0.2, 0.25) is 11.8 Å². The van der Waals surface area contributed by atoms with E-state index in [0.29, 0.717) is 43.5 Å². The van der Waals surface area contributed by atoms with Crippen LogP contribution in [-0.4, -0.2) is 34.1 Å². The molecule has 6 nitrogen and oxygen atoms in total. The van der Waals surface area contributed by atoms with Crippen LogP contribution in [0.25, 0.3) is 0 Å². The van der Waals surface area contributed by atoms with Crippen LogP contribution in [0.5, 0.6) is 0 Å². The summed E-state index contributed by atoms with van der Waals surface area (Å²) in [4.78, 5) is 19.0. The highest BCUT2D eigenvalue weighted by Gasteiger charge is 2.33. The molecule has 0 aliphatic carbocycles. The lowest BCUT2D eigenvalue weighted by molar-refractivity contribution is -0.131. The molecule has 0 bridgehead atoms. The van der Waals surface area contributed by atoms with E-state index in [0.717, 1.165) is 18.4 Å². The van der Waals surface area contributed by atoms with Gasteiger partial charge in [0, 0.05) is 13.0 Å². The molecule has 156 valence electrons. The lowest BCUT2D eigenvalue weighted by Crippen LogP contribution is -2.32. The van der Waals surface area contributed by atoms with Gasteiger partial charge in [-0.3, -0.25) is 4.79 Å². The molecule has 1 aliphatic heterocycles. The maximum absolute atomic E-state index is 13.4. The quantitative estimate of drug-likeness (QED) is 0.528. The Morgan fingerprint density at radius 1 is 1.17 bits per heavy atom. The van der Waals surface area contributed by atoms with Gasteiger partial charge < -0.3 is 14.2 Å². The van der Waals surface area contributed by atoms with E-state index in [4.69, 9.17) is 9.26 Å². The monoisotopic (exact) mass is 409 g/mol. The number of hydrogen-bond donors (Lipinski definition) is 0. The standard InChI is InChI=1S/C23H24FN3O3/c24-19-9-4-8-18(14-19)15-22(28)27-12-5-10-20(27)23-25-21(26-30-23)11-13-29-16-17-6-2-1-3-7-17/h1-4,6-9,14,20H,5,10-13,15-16H2. The fourth-order valence-corrected chi connectivity index (χ4v) is 3.68. The van der Waals surface area contributed by atoms with E-state index >= 15 is 0 Å². The molecule has 1 fully saturated rings. The average Bonchev–Trinajstić information content (AvgIpc) is 3.41. The largest absolute Gasteiger partial charge is 0.376 e. The topological polar surface area (TPSA) is 68.5 Å². The molecule has 4 rings (SSSR count). The molecule has 7 heteroatoms. The van der Waals surface area contributed by atoms with E-state index in [1.807, 2.05) is 30.3 Å². The minimum Gasteiger partial charge on any atom is -0.376 e. The number of carbonyl (C=O) groups excluding carboxylic acids is 1. The van der Waals surface area contributed by atoms with Crippen LogP contribution >= 0.6 is 0 Å². The van der Waals surface area contributed by atoms with E-state index in [1.54, 1.807) is 17.0 Å². The lowest BCUT2D eigenvalue weighted by atomic mass is 10.1. The van der Waals surface area contributed by atoms with Gasteiger partial charge in [0.1, 0.15) is 11.9 Å². The molecule has 1 atom stereocenters. The van der Waals surface area contributed by atoms with Crippen molar-refractivity contribution in [2.24, 2.45) is 0 Å². The number of carbonyl (C=O) groups is 1. The molecular formula is C23H24FN3O3. The number of ether oxygens (including phenoxy) is 1. The molecule has 1 aromatic heterocycles. The van der Waals surface area contributed by atoms with Crippen molar-refractivity contribution < 1.29 is 18.4 Å².